The van der Waals surface area contributed by atoms with E-state index in [1.807, 2.05) is 5.32 Å². The van der Waals surface area contributed by atoms with Gasteiger partial charge in [-0.15, -0.1) is 0 Å². The molecule has 1 aromatic rings. The molecule has 0 bridgehead atoms. The smallest absolute Gasteiger partial charge is 0.338 e. The SMILES string of the molecule is CS(=O)(=O)CC(=O)Nc1cc(C(=O)O)c(F)cc1F. The first-order valence-corrected chi connectivity index (χ1v) is 6.86. The van der Waals surface area contributed by atoms with Crippen molar-refractivity contribution in [3.63, 3.8) is 0 Å². The second-order valence-electron chi connectivity index (χ2n) is 3.74. The van der Waals surface area contributed by atoms with E-state index in [9.17, 15) is 26.8 Å². The van der Waals surface area contributed by atoms with Crippen molar-refractivity contribution in [1.29, 1.82) is 0 Å². The van der Waals surface area contributed by atoms with E-state index in [0.717, 1.165) is 6.26 Å². The van der Waals surface area contributed by atoms with Gasteiger partial charge in [0.05, 0.1) is 11.3 Å². The Hall–Kier alpha value is -2.03. The number of carboxylic acid groups (broad SMARTS) is 1. The fourth-order valence-electron chi connectivity index (χ4n) is 1.23. The number of nitrogens with one attached hydrogen (secondary N) is 1. The van der Waals surface area contributed by atoms with Crippen LogP contribution in [0.2, 0.25) is 0 Å². The van der Waals surface area contributed by atoms with Gasteiger partial charge in [-0.1, -0.05) is 0 Å². The summed E-state index contributed by atoms with van der Waals surface area (Å²) in [5, 5.41) is 10.5. The fraction of sp³-hybridized carbons (Fsp3) is 0.200. The Balaban J connectivity index is 3.05. The van der Waals surface area contributed by atoms with Crippen molar-refractivity contribution in [3.05, 3.63) is 29.3 Å². The van der Waals surface area contributed by atoms with Crippen LogP contribution in [0.5, 0.6) is 0 Å². The molecule has 0 atom stereocenters. The average molecular weight is 293 g/mol. The Labute approximate surface area is 107 Å². The van der Waals surface area contributed by atoms with Crippen LogP contribution >= 0.6 is 0 Å². The van der Waals surface area contributed by atoms with Crippen LogP contribution in [0.1, 0.15) is 10.4 Å². The van der Waals surface area contributed by atoms with Crippen LogP contribution in [-0.2, 0) is 14.6 Å². The number of carbonyl (C=O) groups excluding carboxylic acids is 1. The zero-order valence-corrected chi connectivity index (χ0v) is 10.4. The third-order valence-corrected chi connectivity index (χ3v) is 2.74. The van der Waals surface area contributed by atoms with Gasteiger partial charge in [0.25, 0.3) is 0 Å². The molecule has 0 aromatic heterocycles. The summed E-state index contributed by atoms with van der Waals surface area (Å²) in [6.07, 6.45) is 0.802. The molecule has 1 aromatic carbocycles. The number of sulfone groups is 1. The number of halogens is 2. The van der Waals surface area contributed by atoms with Crippen molar-refractivity contribution in [2.24, 2.45) is 0 Å². The molecule has 0 unspecified atom stereocenters. The summed E-state index contributed by atoms with van der Waals surface area (Å²) in [5.41, 5.74) is -1.44. The highest BCUT2D eigenvalue weighted by molar-refractivity contribution is 7.91. The molecule has 0 aliphatic rings. The van der Waals surface area contributed by atoms with Gasteiger partial charge in [-0.2, -0.15) is 0 Å². The second-order valence-corrected chi connectivity index (χ2v) is 5.88. The Kier molecular flexibility index (Phi) is 4.20. The van der Waals surface area contributed by atoms with Crippen molar-refractivity contribution in [2.75, 3.05) is 17.3 Å². The second kappa shape index (κ2) is 5.31. The standard InChI is InChI=1S/C10H9F2NO5S/c1-19(17,18)4-9(14)13-8-2-5(10(15)16)6(11)3-7(8)12/h2-3H,4H2,1H3,(H,13,14)(H,15,16). The molecule has 19 heavy (non-hydrogen) atoms. The summed E-state index contributed by atoms with van der Waals surface area (Å²) < 4.78 is 48.0. The number of hydrogen-bond donors (Lipinski definition) is 2. The molecule has 9 heteroatoms. The molecule has 1 rings (SSSR count). The predicted octanol–water partition coefficient (Wildman–Crippen LogP) is 0.646. The number of carbonyl (C=O) groups is 2. The lowest BCUT2D eigenvalue weighted by Gasteiger charge is -2.07. The lowest BCUT2D eigenvalue weighted by Crippen LogP contribution is -2.22. The van der Waals surface area contributed by atoms with E-state index in [1.54, 1.807) is 0 Å². The van der Waals surface area contributed by atoms with Crippen LogP contribution in [0.4, 0.5) is 14.5 Å². The fourth-order valence-corrected chi connectivity index (χ4v) is 1.78. The van der Waals surface area contributed by atoms with Crippen molar-refractivity contribution >= 4 is 27.4 Å². The summed E-state index contributed by atoms with van der Waals surface area (Å²) >= 11 is 0. The van der Waals surface area contributed by atoms with Gasteiger partial charge in [0.15, 0.2) is 9.84 Å². The Morgan fingerprint density at radius 2 is 1.84 bits per heavy atom. The zero-order chi connectivity index (χ0) is 14.8. The van der Waals surface area contributed by atoms with Crippen molar-refractivity contribution in [1.82, 2.24) is 0 Å². The van der Waals surface area contributed by atoms with Crippen LogP contribution in [0.25, 0.3) is 0 Å². The summed E-state index contributed by atoms with van der Waals surface area (Å²) in [4.78, 5) is 21.9. The minimum atomic E-state index is -3.62. The first-order valence-electron chi connectivity index (χ1n) is 4.80. The van der Waals surface area contributed by atoms with E-state index in [1.165, 1.54) is 0 Å². The van der Waals surface area contributed by atoms with Crippen molar-refractivity contribution in [3.8, 4) is 0 Å². The van der Waals surface area contributed by atoms with Crippen LogP contribution in [0, 0.1) is 11.6 Å². The van der Waals surface area contributed by atoms with Gasteiger partial charge in [0, 0.05) is 12.3 Å². The van der Waals surface area contributed by atoms with Gasteiger partial charge < -0.3 is 10.4 Å². The van der Waals surface area contributed by atoms with E-state index in [4.69, 9.17) is 5.11 Å². The number of rotatable bonds is 4. The van der Waals surface area contributed by atoms with Gasteiger partial charge >= 0.3 is 5.97 Å². The lowest BCUT2D eigenvalue weighted by atomic mass is 10.2. The molecule has 1 amide bonds. The minimum absolute atomic E-state index is 0.291. The Morgan fingerprint density at radius 1 is 1.26 bits per heavy atom. The first kappa shape index (κ1) is 15.0. The molecule has 2 N–H and O–H groups in total. The summed E-state index contributed by atoms with van der Waals surface area (Å²) in [6.45, 7) is 0. The molecule has 104 valence electrons. The number of benzene rings is 1. The van der Waals surface area contributed by atoms with Gasteiger partial charge in [-0.3, -0.25) is 4.79 Å². The molecular weight excluding hydrogens is 284 g/mol. The average Bonchev–Trinajstić information content (AvgIpc) is 2.18. The topological polar surface area (TPSA) is 101 Å². The molecule has 0 heterocycles. The van der Waals surface area contributed by atoms with Gasteiger partial charge in [-0.25, -0.2) is 22.0 Å². The molecule has 0 aliphatic heterocycles. The quantitative estimate of drug-likeness (QED) is 0.848. The molecule has 0 saturated carbocycles. The molecule has 6 nitrogen and oxygen atoms in total. The first-order chi connectivity index (χ1) is 8.60. The summed E-state index contributed by atoms with van der Waals surface area (Å²) in [5.74, 6) is -6.09. The highest BCUT2D eigenvalue weighted by atomic mass is 32.2. The molecule has 0 spiro atoms. The lowest BCUT2D eigenvalue weighted by molar-refractivity contribution is -0.113. The van der Waals surface area contributed by atoms with E-state index in [-0.39, 0.29) is 0 Å². The Morgan fingerprint density at radius 3 is 2.32 bits per heavy atom. The van der Waals surface area contributed by atoms with Gasteiger partial charge in [-0.05, 0) is 6.07 Å². The van der Waals surface area contributed by atoms with Crippen LogP contribution in [0.3, 0.4) is 0 Å². The molecule has 0 aliphatic carbocycles. The summed E-state index contributed by atoms with van der Waals surface area (Å²) in [7, 11) is -3.62. The third kappa shape index (κ3) is 4.28. The highest BCUT2D eigenvalue weighted by Gasteiger charge is 2.18. The number of hydrogen-bond acceptors (Lipinski definition) is 4. The molecule has 0 saturated heterocycles. The minimum Gasteiger partial charge on any atom is -0.478 e. The molecular formula is C10H9F2NO5S. The number of amides is 1. The van der Waals surface area contributed by atoms with Crippen molar-refractivity contribution < 1.29 is 31.9 Å². The monoisotopic (exact) mass is 293 g/mol. The largest absolute Gasteiger partial charge is 0.478 e. The van der Waals surface area contributed by atoms with E-state index in [2.05, 4.69) is 0 Å². The maximum absolute atomic E-state index is 13.3. The van der Waals surface area contributed by atoms with Crippen LogP contribution < -0.4 is 5.32 Å². The summed E-state index contributed by atoms with van der Waals surface area (Å²) in [6, 6.07) is 0.868. The van der Waals surface area contributed by atoms with E-state index >= 15 is 0 Å². The normalized spacial score (nSPS) is 11.1. The Bertz CT molecular complexity index is 642. The van der Waals surface area contributed by atoms with Gasteiger partial charge in [0.1, 0.15) is 17.4 Å². The van der Waals surface area contributed by atoms with E-state index < -0.39 is 50.4 Å². The molecule has 0 fully saturated rings. The number of carboxylic acids is 1. The predicted molar refractivity (Wildman–Crippen MR) is 61.7 cm³/mol. The molecule has 0 radical (unpaired) electrons. The number of aromatic carboxylic acids is 1. The van der Waals surface area contributed by atoms with Crippen LogP contribution in [0.15, 0.2) is 12.1 Å². The number of anilines is 1. The maximum Gasteiger partial charge on any atom is 0.338 e. The zero-order valence-electron chi connectivity index (χ0n) is 9.61. The van der Waals surface area contributed by atoms with Crippen molar-refractivity contribution in [2.45, 2.75) is 0 Å². The van der Waals surface area contributed by atoms with E-state index in [0.29, 0.717) is 12.1 Å². The van der Waals surface area contributed by atoms with Gasteiger partial charge in [0.2, 0.25) is 5.91 Å². The third-order valence-electron chi connectivity index (χ3n) is 1.95. The highest BCUT2D eigenvalue weighted by Crippen LogP contribution is 2.19. The van der Waals surface area contributed by atoms with Crippen LogP contribution in [-0.4, -0.2) is 37.4 Å². The maximum atomic E-state index is 13.3.